The van der Waals surface area contributed by atoms with E-state index in [-0.39, 0.29) is 16.7 Å². The Labute approximate surface area is 203 Å². The average molecular weight is 461 g/mol. The van der Waals surface area contributed by atoms with Crippen LogP contribution in [0.4, 0.5) is 5.69 Å². The van der Waals surface area contributed by atoms with Crippen LogP contribution in [0, 0.1) is 11.3 Å². The quantitative estimate of drug-likeness (QED) is 0.494. The van der Waals surface area contributed by atoms with E-state index in [1.165, 1.54) is 37.7 Å². The van der Waals surface area contributed by atoms with Crippen LogP contribution in [0.2, 0.25) is 0 Å². The van der Waals surface area contributed by atoms with Gasteiger partial charge in [0.05, 0.1) is 11.4 Å². The van der Waals surface area contributed by atoms with Gasteiger partial charge in [-0.2, -0.15) is 0 Å². The molecule has 1 aliphatic heterocycles. The van der Waals surface area contributed by atoms with Crippen LogP contribution in [-0.4, -0.2) is 23.4 Å². The number of fused-ring (bicyclic) bond motifs is 3. The number of nitrogens with zero attached hydrogens (tertiary/aromatic N) is 2. The van der Waals surface area contributed by atoms with E-state index in [0.29, 0.717) is 17.6 Å². The van der Waals surface area contributed by atoms with Crippen LogP contribution in [0.25, 0.3) is 0 Å². The topological polar surface area (TPSA) is 32.7 Å². The van der Waals surface area contributed by atoms with Crippen LogP contribution in [0.5, 0.6) is 0 Å². The number of thioether (sulfide) groups is 1. The van der Waals surface area contributed by atoms with E-state index in [1.54, 1.807) is 22.9 Å². The van der Waals surface area contributed by atoms with Gasteiger partial charge in [0.2, 0.25) is 5.91 Å². The smallest absolute Gasteiger partial charge is 0.243 e. The summed E-state index contributed by atoms with van der Waals surface area (Å²) in [5.41, 5.74) is 5.92. The molecule has 2 fully saturated rings. The summed E-state index contributed by atoms with van der Waals surface area (Å²) >= 11 is 1.59. The number of carbonyl (C=O) groups excluding carboxylic acids is 1. The summed E-state index contributed by atoms with van der Waals surface area (Å²) in [6.07, 6.45) is 6.13. The number of amidine groups is 1. The fourth-order valence-electron chi connectivity index (χ4n) is 6.75. The van der Waals surface area contributed by atoms with Crippen molar-refractivity contribution in [1.82, 2.24) is 0 Å². The van der Waals surface area contributed by atoms with Gasteiger partial charge in [-0.15, -0.1) is 0 Å². The van der Waals surface area contributed by atoms with Crippen molar-refractivity contribution in [3.8, 4) is 0 Å². The number of aliphatic imine (C=N–C) groups is 1. The molecule has 3 aliphatic rings. The molecule has 174 valence electrons. The Balaban J connectivity index is 1.43. The molecule has 1 saturated carbocycles. The third-order valence-corrected chi connectivity index (χ3v) is 9.48. The molecule has 0 aromatic heterocycles. The minimum Gasteiger partial charge on any atom is -0.273 e. The van der Waals surface area contributed by atoms with Crippen molar-refractivity contribution in [1.29, 1.82) is 0 Å². The molecule has 3 nitrogen and oxygen atoms in total. The van der Waals surface area contributed by atoms with Crippen molar-refractivity contribution < 1.29 is 4.79 Å². The van der Waals surface area contributed by atoms with E-state index in [0.717, 1.165) is 17.4 Å². The van der Waals surface area contributed by atoms with Gasteiger partial charge in [-0.3, -0.25) is 14.7 Å². The number of hydrogen-bond donors (Lipinski definition) is 0. The van der Waals surface area contributed by atoms with Gasteiger partial charge in [0.15, 0.2) is 5.17 Å². The van der Waals surface area contributed by atoms with E-state index in [1.807, 2.05) is 35.2 Å². The van der Waals surface area contributed by atoms with Crippen LogP contribution < -0.4 is 4.90 Å². The number of aryl methyl sites for hydroxylation is 1. The maximum atomic E-state index is 12.6. The Morgan fingerprint density at radius 3 is 2.67 bits per heavy atom. The Morgan fingerprint density at radius 1 is 1.12 bits per heavy atom. The van der Waals surface area contributed by atoms with Gasteiger partial charge < -0.3 is 0 Å². The maximum Gasteiger partial charge on any atom is 0.243 e. The summed E-state index contributed by atoms with van der Waals surface area (Å²) < 4.78 is 0. The summed E-state index contributed by atoms with van der Waals surface area (Å²) in [4.78, 5) is 19.6. The highest BCUT2D eigenvalue weighted by Gasteiger charge is 2.51. The van der Waals surface area contributed by atoms with Gasteiger partial charge in [-0.1, -0.05) is 82.3 Å². The van der Waals surface area contributed by atoms with E-state index in [4.69, 9.17) is 4.99 Å². The molecule has 2 aromatic carbocycles. The van der Waals surface area contributed by atoms with Crippen LogP contribution in [0.1, 0.15) is 76.0 Å². The third-order valence-electron chi connectivity index (χ3n) is 8.52. The monoisotopic (exact) mass is 460 g/mol. The van der Waals surface area contributed by atoms with Crippen molar-refractivity contribution in [2.45, 2.75) is 71.1 Å². The van der Waals surface area contributed by atoms with Crippen molar-refractivity contribution in [3.63, 3.8) is 0 Å². The zero-order valence-corrected chi connectivity index (χ0v) is 21.3. The maximum absolute atomic E-state index is 12.6. The Bertz CT molecular complexity index is 1080. The van der Waals surface area contributed by atoms with Gasteiger partial charge in [-0.25, -0.2) is 0 Å². The third kappa shape index (κ3) is 3.95. The molecule has 5 rings (SSSR count). The highest BCUT2D eigenvalue weighted by Crippen LogP contribution is 2.57. The Morgan fingerprint density at radius 2 is 1.91 bits per heavy atom. The molecule has 2 aromatic rings. The number of para-hydroxylation sites is 1. The minimum atomic E-state index is 0.135. The molecule has 33 heavy (non-hydrogen) atoms. The molecule has 0 radical (unpaired) electrons. The van der Waals surface area contributed by atoms with Gasteiger partial charge in [0.1, 0.15) is 0 Å². The van der Waals surface area contributed by atoms with Gasteiger partial charge in [-0.05, 0) is 77.2 Å². The fraction of sp³-hybridized carbons (Fsp3) is 0.517. The Hall–Kier alpha value is -2.07. The SMILES string of the molecule is CC(C)c1ccc2c(c1)CC[C@H]1[C@](C)(CN=C3SCC(=O)N3c3ccccc3)CCC[C@]21C. The van der Waals surface area contributed by atoms with E-state index in [2.05, 4.69) is 45.9 Å². The standard InChI is InChI=1S/C29H36N2OS/c1-20(2)21-11-13-24-22(17-21)12-14-25-28(3,15-8-16-29(24,25)4)19-30-27-31(26(32)18-33-27)23-9-6-5-7-10-23/h5-7,9-11,13,17,20,25H,8,12,14-16,18-19H2,1-4H3/t25-,28-,29+/m0/s1. The second-order valence-corrected chi connectivity index (χ2v) is 12.0. The summed E-state index contributed by atoms with van der Waals surface area (Å²) in [6.45, 7) is 10.3. The average Bonchev–Trinajstić information content (AvgIpc) is 3.18. The lowest BCUT2D eigenvalue weighted by atomic mass is 9.50. The molecular weight excluding hydrogens is 424 g/mol. The number of amides is 1. The molecule has 1 amide bonds. The highest BCUT2D eigenvalue weighted by molar-refractivity contribution is 8.15. The first-order valence-corrected chi connectivity index (χ1v) is 13.5. The normalized spacial score (nSPS) is 30.6. The van der Waals surface area contributed by atoms with Crippen LogP contribution in [0.15, 0.2) is 53.5 Å². The predicted octanol–water partition coefficient (Wildman–Crippen LogP) is 6.96. The number of carbonyl (C=O) groups is 1. The highest BCUT2D eigenvalue weighted by atomic mass is 32.2. The zero-order valence-electron chi connectivity index (χ0n) is 20.4. The summed E-state index contributed by atoms with van der Waals surface area (Å²) in [6, 6.07) is 17.3. The molecule has 0 unspecified atom stereocenters. The van der Waals surface area contributed by atoms with Crippen molar-refractivity contribution in [2.24, 2.45) is 16.3 Å². The number of hydrogen-bond acceptors (Lipinski definition) is 3. The largest absolute Gasteiger partial charge is 0.273 e. The van der Waals surface area contributed by atoms with E-state index in [9.17, 15) is 4.79 Å². The molecule has 2 aliphatic carbocycles. The van der Waals surface area contributed by atoms with E-state index >= 15 is 0 Å². The van der Waals surface area contributed by atoms with Crippen LogP contribution >= 0.6 is 11.8 Å². The number of anilines is 1. The fourth-order valence-corrected chi connectivity index (χ4v) is 7.62. The van der Waals surface area contributed by atoms with Gasteiger partial charge in [0, 0.05) is 6.54 Å². The van der Waals surface area contributed by atoms with Gasteiger partial charge >= 0.3 is 0 Å². The number of benzene rings is 2. The van der Waals surface area contributed by atoms with Crippen LogP contribution in [-0.2, 0) is 16.6 Å². The van der Waals surface area contributed by atoms with Crippen molar-refractivity contribution >= 4 is 28.5 Å². The lowest BCUT2D eigenvalue weighted by Gasteiger charge is -2.55. The van der Waals surface area contributed by atoms with Crippen molar-refractivity contribution in [3.05, 3.63) is 65.2 Å². The lowest BCUT2D eigenvalue weighted by Crippen LogP contribution is -2.50. The molecular formula is C29H36N2OS. The van der Waals surface area contributed by atoms with Gasteiger partial charge in [0.25, 0.3) is 0 Å². The second kappa shape index (κ2) is 8.61. The molecule has 4 heteroatoms. The number of rotatable bonds is 4. The first-order valence-electron chi connectivity index (χ1n) is 12.5. The Kier molecular flexibility index (Phi) is 5.93. The molecule has 0 spiro atoms. The summed E-state index contributed by atoms with van der Waals surface area (Å²) in [5.74, 6) is 1.81. The predicted molar refractivity (Wildman–Crippen MR) is 140 cm³/mol. The first-order chi connectivity index (χ1) is 15.8. The summed E-state index contributed by atoms with van der Waals surface area (Å²) in [5, 5.41) is 0.873. The summed E-state index contributed by atoms with van der Waals surface area (Å²) in [7, 11) is 0. The molecule has 1 heterocycles. The van der Waals surface area contributed by atoms with Crippen molar-refractivity contribution in [2.75, 3.05) is 17.2 Å². The second-order valence-electron chi connectivity index (χ2n) is 11.0. The molecule has 0 N–H and O–H groups in total. The molecule has 0 bridgehead atoms. The van der Waals surface area contributed by atoms with Crippen LogP contribution in [0.3, 0.4) is 0 Å². The van der Waals surface area contributed by atoms with E-state index < -0.39 is 0 Å². The first kappa shape index (κ1) is 22.7. The zero-order chi connectivity index (χ0) is 23.2. The molecule has 3 atom stereocenters. The molecule has 1 saturated heterocycles. The lowest BCUT2D eigenvalue weighted by molar-refractivity contribution is -0.115. The minimum absolute atomic E-state index is 0.135.